The van der Waals surface area contributed by atoms with E-state index < -0.39 is 0 Å². The van der Waals surface area contributed by atoms with Gasteiger partial charge < -0.3 is 4.90 Å². The van der Waals surface area contributed by atoms with Crippen LogP contribution in [0.4, 0.5) is 11.4 Å². The molecular formula is C24H24N4O2S2. The van der Waals surface area contributed by atoms with Crippen LogP contribution >= 0.6 is 24.0 Å². The number of para-hydroxylation sites is 2. The van der Waals surface area contributed by atoms with Crippen molar-refractivity contribution in [3.63, 3.8) is 0 Å². The summed E-state index contributed by atoms with van der Waals surface area (Å²) in [6.45, 7) is 6.25. The first-order chi connectivity index (χ1) is 15.5. The quantitative estimate of drug-likeness (QED) is 0.513. The lowest BCUT2D eigenvalue weighted by Gasteiger charge is -2.34. The Hall–Kier alpha value is -2.52. The summed E-state index contributed by atoms with van der Waals surface area (Å²) in [6, 6.07) is 15.4. The third-order valence-corrected chi connectivity index (χ3v) is 7.59. The lowest BCUT2D eigenvalue weighted by atomic mass is 10.1. The Labute approximate surface area is 197 Å². The first kappa shape index (κ1) is 21.3. The van der Waals surface area contributed by atoms with Crippen molar-refractivity contribution in [2.45, 2.75) is 6.92 Å². The van der Waals surface area contributed by atoms with Gasteiger partial charge in [0.2, 0.25) is 0 Å². The summed E-state index contributed by atoms with van der Waals surface area (Å²) >= 11 is 6.79. The van der Waals surface area contributed by atoms with Gasteiger partial charge in [0.05, 0.1) is 28.5 Å². The SMILES string of the molecule is Cc1ccccc1N1C(=O)/C(=C2/C(=O)N(CN3CCN(C)CC3)c3ccccc32)SC1=S. The van der Waals surface area contributed by atoms with Gasteiger partial charge >= 0.3 is 0 Å². The lowest BCUT2D eigenvalue weighted by Crippen LogP contribution is -2.49. The molecule has 0 aromatic heterocycles. The second-order valence-corrected chi connectivity index (χ2v) is 9.96. The molecule has 3 aliphatic rings. The second kappa shape index (κ2) is 8.44. The molecule has 8 heteroatoms. The molecule has 32 heavy (non-hydrogen) atoms. The topological polar surface area (TPSA) is 47.1 Å². The molecule has 0 radical (unpaired) electrons. The summed E-state index contributed by atoms with van der Waals surface area (Å²) in [5.41, 5.74) is 3.84. The number of aryl methyl sites for hydroxylation is 1. The molecule has 6 nitrogen and oxygen atoms in total. The highest BCUT2D eigenvalue weighted by atomic mass is 32.2. The highest BCUT2D eigenvalue weighted by molar-refractivity contribution is 8.27. The van der Waals surface area contributed by atoms with E-state index in [1.165, 1.54) is 11.8 Å². The predicted molar refractivity (Wildman–Crippen MR) is 134 cm³/mol. The van der Waals surface area contributed by atoms with Gasteiger partial charge in [-0.1, -0.05) is 60.4 Å². The number of hydrogen-bond donors (Lipinski definition) is 0. The number of carbonyl (C=O) groups is 2. The van der Waals surface area contributed by atoms with Crippen LogP contribution in [0.1, 0.15) is 11.1 Å². The monoisotopic (exact) mass is 464 g/mol. The van der Waals surface area contributed by atoms with Crippen molar-refractivity contribution in [2.75, 3.05) is 49.7 Å². The Morgan fingerprint density at radius 3 is 2.28 bits per heavy atom. The van der Waals surface area contributed by atoms with Gasteiger partial charge in [-0.05, 0) is 31.7 Å². The number of thioether (sulfide) groups is 1. The molecule has 0 aliphatic carbocycles. The number of benzene rings is 2. The minimum absolute atomic E-state index is 0.129. The maximum absolute atomic E-state index is 13.7. The minimum Gasteiger partial charge on any atom is -0.304 e. The van der Waals surface area contributed by atoms with E-state index in [0.29, 0.717) is 21.5 Å². The predicted octanol–water partition coefficient (Wildman–Crippen LogP) is 3.32. The van der Waals surface area contributed by atoms with E-state index in [-0.39, 0.29) is 11.8 Å². The van der Waals surface area contributed by atoms with Crippen molar-refractivity contribution in [3.05, 3.63) is 64.6 Å². The largest absolute Gasteiger partial charge is 0.304 e. The van der Waals surface area contributed by atoms with Crippen molar-refractivity contribution in [1.29, 1.82) is 0 Å². The molecule has 0 spiro atoms. The van der Waals surface area contributed by atoms with Gasteiger partial charge in [0.1, 0.15) is 0 Å². The van der Waals surface area contributed by atoms with Crippen molar-refractivity contribution in [2.24, 2.45) is 0 Å². The van der Waals surface area contributed by atoms with Crippen LogP contribution in [0.3, 0.4) is 0 Å². The van der Waals surface area contributed by atoms with Crippen LogP contribution in [0, 0.1) is 6.92 Å². The van der Waals surface area contributed by atoms with E-state index in [9.17, 15) is 9.59 Å². The van der Waals surface area contributed by atoms with Gasteiger partial charge in [0, 0.05) is 31.7 Å². The summed E-state index contributed by atoms with van der Waals surface area (Å²) < 4.78 is 0.453. The molecule has 2 saturated heterocycles. The van der Waals surface area contributed by atoms with Crippen LogP contribution in [-0.2, 0) is 9.59 Å². The van der Waals surface area contributed by atoms with Gasteiger partial charge in [0.15, 0.2) is 4.32 Å². The zero-order valence-corrected chi connectivity index (χ0v) is 19.7. The lowest BCUT2D eigenvalue weighted by molar-refractivity contribution is -0.115. The zero-order valence-electron chi connectivity index (χ0n) is 18.1. The number of amides is 2. The maximum atomic E-state index is 13.7. The Balaban J connectivity index is 1.52. The highest BCUT2D eigenvalue weighted by Gasteiger charge is 2.43. The molecule has 2 amide bonds. The standard InChI is InChI=1S/C24H24N4O2S2/c1-16-7-3-5-9-18(16)28-23(30)21(32-24(28)31)20-17-8-4-6-10-19(17)27(22(20)29)15-26-13-11-25(2)12-14-26/h3-10H,11-15H2,1-2H3/b21-20-. The Bertz CT molecular complexity index is 1150. The van der Waals surface area contributed by atoms with Gasteiger partial charge in [0.25, 0.3) is 11.8 Å². The number of piperazine rings is 1. The van der Waals surface area contributed by atoms with E-state index >= 15 is 0 Å². The maximum Gasteiger partial charge on any atom is 0.271 e. The van der Waals surface area contributed by atoms with Crippen LogP contribution in [0.15, 0.2) is 53.4 Å². The average Bonchev–Trinajstić information content (AvgIpc) is 3.22. The summed E-state index contributed by atoms with van der Waals surface area (Å²) in [5, 5.41) is 0. The van der Waals surface area contributed by atoms with Crippen molar-refractivity contribution >= 4 is 57.1 Å². The van der Waals surface area contributed by atoms with Gasteiger partial charge in [-0.2, -0.15) is 0 Å². The molecule has 5 rings (SSSR count). The summed E-state index contributed by atoms with van der Waals surface area (Å²) in [4.78, 5) is 35.5. The van der Waals surface area contributed by atoms with Crippen LogP contribution in [0.2, 0.25) is 0 Å². The van der Waals surface area contributed by atoms with E-state index in [1.54, 1.807) is 9.80 Å². The number of thiocarbonyl (C=S) groups is 1. The Morgan fingerprint density at radius 1 is 0.906 bits per heavy atom. The average molecular weight is 465 g/mol. The molecule has 0 N–H and O–H groups in total. The number of nitrogens with zero attached hydrogens (tertiary/aromatic N) is 4. The fraction of sp³-hybridized carbons (Fsp3) is 0.292. The number of rotatable bonds is 3. The molecule has 3 aliphatic heterocycles. The fourth-order valence-corrected chi connectivity index (χ4v) is 5.73. The van der Waals surface area contributed by atoms with Gasteiger partial charge in [-0.15, -0.1) is 0 Å². The number of anilines is 2. The first-order valence-corrected chi connectivity index (χ1v) is 11.9. The smallest absolute Gasteiger partial charge is 0.271 e. The van der Waals surface area contributed by atoms with E-state index in [0.717, 1.165) is 48.7 Å². The number of fused-ring (bicyclic) bond motifs is 1. The Kier molecular flexibility index (Phi) is 5.63. The molecule has 2 aromatic rings. The molecule has 164 valence electrons. The molecule has 2 fully saturated rings. The number of carbonyl (C=O) groups excluding carboxylic acids is 2. The van der Waals surface area contributed by atoms with Crippen LogP contribution in [0.5, 0.6) is 0 Å². The molecule has 0 unspecified atom stereocenters. The van der Waals surface area contributed by atoms with Crippen molar-refractivity contribution < 1.29 is 9.59 Å². The minimum atomic E-state index is -0.228. The zero-order chi connectivity index (χ0) is 22.4. The van der Waals surface area contributed by atoms with Gasteiger partial charge in [-0.3, -0.25) is 24.3 Å². The van der Waals surface area contributed by atoms with Gasteiger partial charge in [-0.25, -0.2) is 0 Å². The van der Waals surface area contributed by atoms with Crippen molar-refractivity contribution in [1.82, 2.24) is 9.80 Å². The van der Waals surface area contributed by atoms with Crippen LogP contribution in [0.25, 0.3) is 5.57 Å². The molecular weight excluding hydrogens is 440 g/mol. The molecule has 3 heterocycles. The molecule has 0 bridgehead atoms. The van der Waals surface area contributed by atoms with Crippen molar-refractivity contribution in [3.8, 4) is 0 Å². The molecule has 0 saturated carbocycles. The first-order valence-electron chi connectivity index (χ1n) is 10.6. The number of likely N-dealkylation sites (N-methyl/N-ethyl adjacent to an activating group) is 1. The third kappa shape index (κ3) is 3.57. The Morgan fingerprint density at radius 2 is 1.56 bits per heavy atom. The number of hydrogen-bond acceptors (Lipinski definition) is 6. The molecule has 0 atom stereocenters. The normalized spacial score (nSPS) is 22.2. The second-order valence-electron chi connectivity index (χ2n) is 8.31. The highest BCUT2D eigenvalue weighted by Crippen LogP contribution is 2.45. The van der Waals surface area contributed by atoms with E-state index in [1.807, 2.05) is 55.5 Å². The van der Waals surface area contributed by atoms with Crippen LogP contribution < -0.4 is 9.80 Å². The van der Waals surface area contributed by atoms with E-state index in [4.69, 9.17) is 12.2 Å². The summed E-state index contributed by atoms with van der Waals surface area (Å²) in [7, 11) is 2.11. The summed E-state index contributed by atoms with van der Waals surface area (Å²) in [5.74, 6) is -0.357. The summed E-state index contributed by atoms with van der Waals surface area (Å²) in [6.07, 6.45) is 0. The van der Waals surface area contributed by atoms with E-state index in [2.05, 4.69) is 16.8 Å². The third-order valence-electron chi connectivity index (χ3n) is 6.21. The fourth-order valence-electron chi connectivity index (χ4n) is 4.37. The van der Waals surface area contributed by atoms with Crippen LogP contribution in [-0.4, -0.2) is 65.8 Å². The molecule has 2 aromatic carbocycles.